The monoisotopic (exact) mass is 397 g/mol. The molecule has 0 aliphatic carbocycles. The molecule has 9 nitrogen and oxygen atoms in total. The number of nitrogens with zero attached hydrogens (tertiary/aromatic N) is 1. The van der Waals surface area contributed by atoms with Gasteiger partial charge in [0.25, 0.3) is 5.91 Å². The zero-order valence-corrected chi connectivity index (χ0v) is 15.8. The van der Waals surface area contributed by atoms with Crippen LogP contribution in [0.25, 0.3) is 0 Å². The summed E-state index contributed by atoms with van der Waals surface area (Å²) in [7, 11) is -3.21. The SMILES string of the molecule is CS(=O)(=O)CCONC(=O)C1(OCc2ccccc2)CCC2CN1C(=O)N2. The van der Waals surface area contributed by atoms with Crippen LogP contribution in [0.15, 0.2) is 30.3 Å². The van der Waals surface area contributed by atoms with Crippen LogP contribution in [-0.4, -0.2) is 62.2 Å². The molecule has 0 saturated carbocycles. The van der Waals surface area contributed by atoms with Gasteiger partial charge in [-0.05, 0) is 12.0 Å². The summed E-state index contributed by atoms with van der Waals surface area (Å²) in [5, 5.41) is 2.82. The largest absolute Gasteiger partial charge is 0.342 e. The van der Waals surface area contributed by atoms with Crippen molar-refractivity contribution in [3.05, 3.63) is 35.9 Å². The number of sulfone groups is 1. The number of carbonyl (C=O) groups excluding carboxylic acids is 2. The number of fused-ring (bicyclic) bond motifs is 2. The molecule has 2 heterocycles. The van der Waals surface area contributed by atoms with E-state index in [0.29, 0.717) is 19.4 Å². The number of piperidine rings is 1. The fourth-order valence-corrected chi connectivity index (χ4v) is 3.59. The number of hydroxylamine groups is 1. The molecule has 2 saturated heterocycles. The van der Waals surface area contributed by atoms with Gasteiger partial charge in [0, 0.05) is 25.3 Å². The number of ether oxygens (including phenoxy) is 1. The maximum Gasteiger partial charge on any atom is 0.320 e. The highest BCUT2D eigenvalue weighted by Crippen LogP contribution is 2.34. The van der Waals surface area contributed by atoms with E-state index in [2.05, 4.69) is 10.8 Å². The summed E-state index contributed by atoms with van der Waals surface area (Å²) >= 11 is 0. The van der Waals surface area contributed by atoms with Crippen molar-refractivity contribution in [3.63, 3.8) is 0 Å². The number of nitrogens with one attached hydrogen (secondary N) is 2. The summed E-state index contributed by atoms with van der Waals surface area (Å²) in [6.07, 6.45) is 1.98. The van der Waals surface area contributed by atoms with Crippen molar-refractivity contribution in [2.24, 2.45) is 0 Å². The number of carbonyl (C=O) groups is 2. The minimum Gasteiger partial charge on any atom is -0.342 e. The Bertz CT molecular complexity index is 800. The van der Waals surface area contributed by atoms with Gasteiger partial charge in [0.05, 0.1) is 19.0 Å². The molecule has 10 heteroatoms. The molecule has 27 heavy (non-hydrogen) atoms. The van der Waals surface area contributed by atoms with E-state index >= 15 is 0 Å². The highest BCUT2D eigenvalue weighted by molar-refractivity contribution is 7.90. The van der Waals surface area contributed by atoms with Gasteiger partial charge in [-0.25, -0.2) is 18.7 Å². The summed E-state index contributed by atoms with van der Waals surface area (Å²) in [6, 6.07) is 8.95. The summed E-state index contributed by atoms with van der Waals surface area (Å²) in [6.45, 7) is 0.324. The fraction of sp³-hybridized carbons (Fsp3) is 0.529. The lowest BCUT2D eigenvalue weighted by molar-refractivity contribution is -0.191. The minimum absolute atomic E-state index is 0.00935. The second kappa shape index (κ2) is 7.83. The first-order valence-corrected chi connectivity index (χ1v) is 10.7. The van der Waals surface area contributed by atoms with Crippen LogP contribution < -0.4 is 10.8 Å². The quantitative estimate of drug-likeness (QED) is 0.478. The number of hydrogen-bond acceptors (Lipinski definition) is 6. The van der Waals surface area contributed by atoms with E-state index < -0.39 is 21.5 Å². The smallest absolute Gasteiger partial charge is 0.320 e. The summed E-state index contributed by atoms with van der Waals surface area (Å²) < 4.78 is 28.3. The van der Waals surface area contributed by atoms with E-state index in [1.165, 1.54) is 4.90 Å². The first-order chi connectivity index (χ1) is 12.8. The van der Waals surface area contributed by atoms with E-state index in [1.807, 2.05) is 30.3 Å². The highest BCUT2D eigenvalue weighted by atomic mass is 32.2. The van der Waals surface area contributed by atoms with Crippen LogP contribution in [-0.2, 0) is 30.8 Å². The first-order valence-electron chi connectivity index (χ1n) is 8.66. The zero-order chi connectivity index (χ0) is 19.5. The molecule has 2 atom stereocenters. The average Bonchev–Trinajstić information content (AvgIpc) is 2.95. The van der Waals surface area contributed by atoms with Gasteiger partial charge >= 0.3 is 6.03 Å². The van der Waals surface area contributed by atoms with Gasteiger partial charge in [0.2, 0.25) is 5.72 Å². The van der Waals surface area contributed by atoms with Gasteiger partial charge in [-0.3, -0.25) is 14.5 Å². The van der Waals surface area contributed by atoms with Crippen molar-refractivity contribution in [3.8, 4) is 0 Å². The molecule has 0 radical (unpaired) electrons. The minimum atomic E-state index is -3.21. The average molecular weight is 397 g/mol. The molecule has 2 unspecified atom stereocenters. The third-order valence-corrected chi connectivity index (χ3v) is 5.55. The fourth-order valence-electron chi connectivity index (χ4n) is 3.20. The first kappa shape index (κ1) is 19.6. The second-order valence-electron chi connectivity index (χ2n) is 6.76. The van der Waals surface area contributed by atoms with Crippen LogP contribution in [0.1, 0.15) is 18.4 Å². The molecular weight excluding hydrogens is 374 g/mol. The zero-order valence-electron chi connectivity index (χ0n) is 15.0. The van der Waals surface area contributed by atoms with Crippen molar-refractivity contribution in [1.82, 2.24) is 15.7 Å². The van der Waals surface area contributed by atoms with E-state index in [-0.39, 0.29) is 31.0 Å². The summed E-state index contributed by atoms with van der Waals surface area (Å²) in [5.74, 6) is -0.848. The standard InChI is InChI=1S/C17H23N3O6S/c1-27(23,24)10-9-26-19-15(21)17(25-12-13-5-3-2-4-6-13)8-7-14-11-20(17)16(22)18-14/h2-6,14H,7-12H2,1H3,(H,18,22)(H,19,21). The van der Waals surface area contributed by atoms with Gasteiger partial charge in [0.15, 0.2) is 0 Å². The predicted molar refractivity (Wildman–Crippen MR) is 96.0 cm³/mol. The Morgan fingerprint density at radius 2 is 2.11 bits per heavy atom. The van der Waals surface area contributed by atoms with Crippen LogP contribution >= 0.6 is 0 Å². The Morgan fingerprint density at radius 3 is 2.81 bits per heavy atom. The van der Waals surface area contributed by atoms with Gasteiger partial charge < -0.3 is 10.1 Å². The molecule has 2 aliphatic rings. The van der Waals surface area contributed by atoms with Crippen molar-refractivity contribution in [2.45, 2.75) is 31.2 Å². The lowest BCUT2D eigenvalue weighted by Crippen LogP contribution is -2.62. The van der Waals surface area contributed by atoms with Crippen LogP contribution in [0.3, 0.4) is 0 Å². The van der Waals surface area contributed by atoms with Gasteiger partial charge in [-0.1, -0.05) is 30.3 Å². The molecule has 0 aromatic heterocycles. The maximum atomic E-state index is 12.9. The van der Waals surface area contributed by atoms with Crippen molar-refractivity contribution in [1.29, 1.82) is 0 Å². The van der Waals surface area contributed by atoms with Crippen LogP contribution in [0.5, 0.6) is 0 Å². The molecule has 1 aromatic rings. The van der Waals surface area contributed by atoms with Crippen molar-refractivity contribution in [2.75, 3.05) is 25.2 Å². The van der Waals surface area contributed by atoms with Gasteiger partial charge in [-0.15, -0.1) is 0 Å². The number of benzene rings is 1. The van der Waals surface area contributed by atoms with Crippen LogP contribution in [0.4, 0.5) is 4.79 Å². The molecule has 2 N–H and O–H groups in total. The van der Waals surface area contributed by atoms with E-state index in [9.17, 15) is 18.0 Å². The van der Waals surface area contributed by atoms with Gasteiger partial charge in [-0.2, -0.15) is 0 Å². The Hall–Kier alpha value is -2.17. The summed E-state index contributed by atoms with van der Waals surface area (Å²) in [4.78, 5) is 31.6. The number of hydrogen-bond donors (Lipinski definition) is 2. The molecule has 1 aromatic carbocycles. The second-order valence-corrected chi connectivity index (χ2v) is 9.02. The molecule has 2 bridgehead atoms. The lowest BCUT2D eigenvalue weighted by Gasteiger charge is -2.41. The molecule has 148 valence electrons. The predicted octanol–water partition coefficient (Wildman–Crippen LogP) is 0.180. The number of amides is 3. The Morgan fingerprint density at radius 1 is 1.37 bits per heavy atom. The van der Waals surface area contributed by atoms with Crippen LogP contribution in [0.2, 0.25) is 0 Å². The third-order valence-electron chi connectivity index (χ3n) is 4.64. The van der Waals surface area contributed by atoms with E-state index in [4.69, 9.17) is 9.57 Å². The third kappa shape index (κ3) is 4.57. The molecule has 0 spiro atoms. The molecule has 3 rings (SSSR count). The Balaban J connectivity index is 1.71. The molecular formula is C17H23N3O6S. The Labute approximate surface area is 157 Å². The van der Waals surface area contributed by atoms with Crippen LogP contribution in [0, 0.1) is 0 Å². The Kier molecular flexibility index (Phi) is 5.68. The highest BCUT2D eigenvalue weighted by Gasteiger charge is 2.55. The van der Waals surface area contributed by atoms with E-state index in [1.54, 1.807) is 0 Å². The van der Waals surface area contributed by atoms with Crippen molar-refractivity contribution < 1.29 is 27.6 Å². The maximum absolute atomic E-state index is 12.9. The lowest BCUT2D eigenvalue weighted by atomic mass is 9.96. The normalized spacial score (nSPS) is 24.6. The number of urea groups is 1. The molecule has 3 amide bonds. The van der Waals surface area contributed by atoms with Gasteiger partial charge in [0.1, 0.15) is 9.84 Å². The molecule has 2 fully saturated rings. The summed E-state index contributed by atoms with van der Waals surface area (Å²) in [5.41, 5.74) is 1.62. The van der Waals surface area contributed by atoms with Crippen molar-refractivity contribution >= 4 is 21.8 Å². The van der Waals surface area contributed by atoms with E-state index in [0.717, 1.165) is 11.8 Å². The molecule has 2 aliphatic heterocycles. The number of rotatable bonds is 8. The topological polar surface area (TPSA) is 114 Å².